The molecule has 0 aliphatic carbocycles. The van der Waals surface area contributed by atoms with Crippen molar-refractivity contribution in [3.05, 3.63) is 83.6 Å². The lowest BCUT2D eigenvalue weighted by molar-refractivity contribution is 0.102. The van der Waals surface area contributed by atoms with Crippen LogP contribution >= 0.6 is 0 Å². The van der Waals surface area contributed by atoms with Gasteiger partial charge in [-0.3, -0.25) is 9.52 Å². The molecular formula is C20H19N3O3S. The maximum absolute atomic E-state index is 12.6. The third kappa shape index (κ3) is 4.51. The number of hydrogen-bond acceptors (Lipinski definition) is 4. The van der Waals surface area contributed by atoms with E-state index in [9.17, 15) is 13.2 Å². The van der Waals surface area contributed by atoms with Crippen LogP contribution in [0.1, 0.15) is 21.5 Å². The lowest BCUT2D eigenvalue weighted by Crippen LogP contribution is -2.16. The van der Waals surface area contributed by atoms with E-state index in [1.807, 2.05) is 32.0 Å². The van der Waals surface area contributed by atoms with Gasteiger partial charge < -0.3 is 5.32 Å². The van der Waals surface area contributed by atoms with Gasteiger partial charge in [0.25, 0.3) is 15.9 Å². The summed E-state index contributed by atoms with van der Waals surface area (Å²) in [6, 6.07) is 16.5. The monoisotopic (exact) mass is 381 g/mol. The number of benzene rings is 2. The number of pyridine rings is 1. The smallest absolute Gasteiger partial charge is 0.261 e. The number of aromatic nitrogens is 1. The Kier molecular flexibility index (Phi) is 5.23. The summed E-state index contributed by atoms with van der Waals surface area (Å²) in [7, 11) is -3.81. The van der Waals surface area contributed by atoms with Gasteiger partial charge in [0.15, 0.2) is 0 Å². The molecule has 3 rings (SSSR count). The van der Waals surface area contributed by atoms with E-state index in [0.29, 0.717) is 11.5 Å². The van der Waals surface area contributed by atoms with Gasteiger partial charge in [0.05, 0.1) is 4.90 Å². The summed E-state index contributed by atoms with van der Waals surface area (Å²) in [5.41, 5.74) is 2.53. The van der Waals surface area contributed by atoms with Crippen LogP contribution in [-0.4, -0.2) is 19.3 Å². The Bertz CT molecular complexity index is 1080. The highest BCUT2D eigenvalue weighted by Crippen LogP contribution is 2.19. The van der Waals surface area contributed by atoms with E-state index < -0.39 is 15.9 Å². The summed E-state index contributed by atoms with van der Waals surface area (Å²) in [4.78, 5) is 16.6. The summed E-state index contributed by atoms with van der Waals surface area (Å²) in [6.45, 7) is 3.75. The highest BCUT2D eigenvalue weighted by molar-refractivity contribution is 7.92. The number of nitrogens with zero attached hydrogens (tertiary/aromatic N) is 1. The predicted octanol–water partition coefficient (Wildman–Crippen LogP) is 3.75. The standard InChI is InChI=1S/C20H19N3O3S/c1-14-8-10-17(11-9-14)23-27(25,26)18-7-3-6-16(13-18)20(24)22-19-15(2)5-4-12-21-19/h3-13,23H,1-2H3,(H,21,22,24). The Balaban J connectivity index is 1.83. The maximum Gasteiger partial charge on any atom is 0.261 e. The van der Waals surface area contributed by atoms with Crippen LogP contribution in [0.25, 0.3) is 0 Å². The second-order valence-electron chi connectivity index (χ2n) is 6.12. The topological polar surface area (TPSA) is 88.2 Å². The first-order valence-corrected chi connectivity index (χ1v) is 9.76. The van der Waals surface area contributed by atoms with Crippen molar-refractivity contribution < 1.29 is 13.2 Å². The van der Waals surface area contributed by atoms with Crippen LogP contribution in [0, 0.1) is 13.8 Å². The highest BCUT2D eigenvalue weighted by atomic mass is 32.2. The van der Waals surface area contributed by atoms with Crippen molar-refractivity contribution in [2.24, 2.45) is 0 Å². The Hall–Kier alpha value is -3.19. The zero-order valence-electron chi connectivity index (χ0n) is 14.9. The van der Waals surface area contributed by atoms with Gasteiger partial charge in [-0.2, -0.15) is 0 Å². The van der Waals surface area contributed by atoms with Gasteiger partial charge in [0, 0.05) is 17.4 Å². The van der Waals surface area contributed by atoms with Crippen LogP contribution in [-0.2, 0) is 10.0 Å². The Morgan fingerprint density at radius 3 is 2.41 bits per heavy atom. The zero-order chi connectivity index (χ0) is 19.4. The minimum atomic E-state index is -3.81. The molecule has 3 aromatic rings. The normalized spacial score (nSPS) is 11.0. The molecule has 0 unspecified atom stereocenters. The largest absolute Gasteiger partial charge is 0.306 e. The van der Waals surface area contributed by atoms with Crippen molar-refractivity contribution in [3.8, 4) is 0 Å². The zero-order valence-corrected chi connectivity index (χ0v) is 15.7. The molecule has 0 bridgehead atoms. The van der Waals surface area contributed by atoms with Gasteiger partial charge >= 0.3 is 0 Å². The van der Waals surface area contributed by atoms with Gasteiger partial charge in [-0.05, 0) is 55.8 Å². The third-order valence-electron chi connectivity index (χ3n) is 3.95. The number of aryl methyl sites for hydroxylation is 2. The van der Waals surface area contributed by atoms with E-state index in [4.69, 9.17) is 0 Å². The SMILES string of the molecule is Cc1ccc(NS(=O)(=O)c2cccc(C(=O)Nc3ncccc3C)c2)cc1. The number of sulfonamides is 1. The van der Waals surface area contributed by atoms with Crippen molar-refractivity contribution in [1.29, 1.82) is 0 Å². The number of hydrogen-bond donors (Lipinski definition) is 2. The molecule has 2 aromatic carbocycles. The van der Waals surface area contributed by atoms with Gasteiger partial charge in [-0.15, -0.1) is 0 Å². The molecule has 0 saturated carbocycles. The third-order valence-corrected chi connectivity index (χ3v) is 5.33. The summed E-state index contributed by atoms with van der Waals surface area (Å²) < 4.78 is 27.8. The first-order chi connectivity index (χ1) is 12.8. The highest BCUT2D eigenvalue weighted by Gasteiger charge is 2.17. The number of carbonyl (C=O) groups excluding carboxylic acids is 1. The molecule has 2 N–H and O–H groups in total. The second-order valence-corrected chi connectivity index (χ2v) is 7.80. The van der Waals surface area contributed by atoms with Gasteiger partial charge in [0.1, 0.15) is 5.82 Å². The molecule has 0 saturated heterocycles. The summed E-state index contributed by atoms with van der Waals surface area (Å²) in [6.07, 6.45) is 1.58. The molecule has 0 atom stereocenters. The maximum atomic E-state index is 12.6. The summed E-state index contributed by atoms with van der Waals surface area (Å²) in [5, 5.41) is 2.70. The van der Waals surface area contributed by atoms with Crippen molar-refractivity contribution in [2.75, 3.05) is 10.0 Å². The van der Waals surface area contributed by atoms with E-state index in [-0.39, 0.29) is 10.5 Å². The van der Waals surface area contributed by atoms with Crippen LogP contribution in [0.2, 0.25) is 0 Å². The molecule has 6 nitrogen and oxygen atoms in total. The summed E-state index contributed by atoms with van der Waals surface area (Å²) in [5.74, 6) is 0.0118. The van der Waals surface area contributed by atoms with Crippen molar-refractivity contribution >= 4 is 27.4 Å². The molecule has 7 heteroatoms. The molecule has 0 aliphatic rings. The first-order valence-electron chi connectivity index (χ1n) is 8.28. The lowest BCUT2D eigenvalue weighted by Gasteiger charge is -2.10. The van der Waals surface area contributed by atoms with E-state index >= 15 is 0 Å². The minimum absolute atomic E-state index is 0.00784. The Morgan fingerprint density at radius 2 is 1.70 bits per heavy atom. The van der Waals surface area contributed by atoms with E-state index in [0.717, 1.165) is 11.1 Å². The predicted molar refractivity (Wildman–Crippen MR) is 105 cm³/mol. The van der Waals surface area contributed by atoms with Crippen LogP contribution < -0.4 is 10.0 Å². The van der Waals surface area contributed by atoms with E-state index in [1.54, 1.807) is 30.5 Å². The fraction of sp³-hybridized carbons (Fsp3) is 0.100. The Labute approximate surface area is 158 Å². The molecule has 27 heavy (non-hydrogen) atoms. The average molecular weight is 381 g/mol. The lowest BCUT2D eigenvalue weighted by atomic mass is 10.2. The van der Waals surface area contributed by atoms with Gasteiger partial charge in [0.2, 0.25) is 0 Å². The van der Waals surface area contributed by atoms with Gasteiger partial charge in [-0.25, -0.2) is 13.4 Å². The molecule has 138 valence electrons. The molecule has 0 aliphatic heterocycles. The van der Waals surface area contributed by atoms with Crippen molar-refractivity contribution in [2.45, 2.75) is 18.7 Å². The van der Waals surface area contributed by atoms with Crippen LogP contribution in [0.15, 0.2) is 71.8 Å². The Morgan fingerprint density at radius 1 is 0.963 bits per heavy atom. The molecule has 0 spiro atoms. The first kappa shape index (κ1) is 18.6. The average Bonchev–Trinajstić information content (AvgIpc) is 2.65. The van der Waals surface area contributed by atoms with Crippen LogP contribution in [0.5, 0.6) is 0 Å². The summed E-state index contributed by atoms with van der Waals surface area (Å²) >= 11 is 0. The molecule has 1 heterocycles. The van der Waals surface area contributed by atoms with Crippen molar-refractivity contribution in [3.63, 3.8) is 0 Å². The van der Waals surface area contributed by atoms with Crippen molar-refractivity contribution in [1.82, 2.24) is 4.98 Å². The number of anilines is 2. The van der Waals surface area contributed by atoms with Gasteiger partial charge in [-0.1, -0.05) is 29.8 Å². The minimum Gasteiger partial charge on any atom is -0.306 e. The molecule has 1 amide bonds. The molecule has 0 fully saturated rings. The second kappa shape index (κ2) is 7.59. The van der Waals surface area contributed by atoms with E-state index in [2.05, 4.69) is 15.0 Å². The molecule has 1 aromatic heterocycles. The number of carbonyl (C=O) groups is 1. The number of amides is 1. The van der Waals surface area contributed by atoms with E-state index in [1.165, 1.54) is 18.2 Å². The fourth-order valence-corrected chi connectivity index (χ4v) is 3.54. The molecule has 0 radical (unpaired) electrons. The molecular weight excluding hydrogens is 362 g/mol. The number of nitrogens with one attached hydrogen (secondary N) is 2. The van der Waals surface area contributed by atoms with Crippen LogP contribution in [0.4, 0.5) is 11.5 Å². The van der Waals surface area contributed by atoms with Crippen LogP contribution in [0.3, 0.4) is 0 Å². The quantitative estimate of drug-likeness (QED) is 0.704. The number of rotatable bonds is 5. The fourth-order valence-electron chi connectivity index (χ4n) is 2.44.